The largest absolute Gasteiger partial charge is 0.384 e. The molecule has 0 aromatic carbocycles. The third kappa shape index (κ3) is 2.09. The summed E-state index contributed by atoms with van der Waals surface area (Å²) in [7, 11) is 1.66. The van der Waals surface area contributed by atoms with E-state index < -0.39 is 5.60 Å². The molecule has 1 aliphatic rings. The van der Waals surface area contributed by atoms with Crippen LogP contribution in [0.1, 0.15) is 44.1 Å². The van der Waals surface area contributed by atoms with Gasteiger partial charge >= 0.3 is 0 Å². The monoisotopic (exact) mass is 207 g/mol. The molecule has 1 heterocycles. The molecular weight excluding hydrogens is 190 g/mol. The summed E-state index contributed by atoms with van der Waals surface area (Å²) >= 11 is 0. The molecule has 0 saturated heterocycles. The van der Waals surface area contributed by atoms with E-state index in [2.05, 4.69) is 9.97 Å². The Labute approximate surface area is 89.9 Å². The molecule has 1 fully saturated rings. The van der Waals surface area contributed by atoms with E-state index in [1.807, 2.05) is 19.9 Å². The second kappa shape index (κ2) is 3.45. The van der Waals surface area contributed by atoms with Crippen LogP contribution in [0.15, 0.2) is 6.07 Å². The van der Waals surface area contributed by atoms with Crippen molar-refractivity contribution < 1.29 is 4.74 Å². The van der Waals surface area contributed by atoms with Gasteiger partial charge in [0.2, 0.25) is 0 Å². The van der Waals surface area contributed by atoms with Crippen molar-refractivity contribution in [2.24, 2.45) is 0 Å². The number of nitrogens with zero attached hydrogens (tertiary/aromatic N) is 2. The Hall–Kier alpha value is -1.16. The molecule has 4 nitrogen and oxygen atoms in total. The van der Waals surface area contributed by atoms with E-state index in [1.165, 1.54) is 12.8 Å². The molecule has 0 spiro atoms. The third-order valence-electron chi connectivity index (χ3n) is 2.81. The van der Waals surface area contributed by atoms with Crippen LogP contribution < -0.4 is 5.73 Å². The Balaban J connectivity index is 2.38. The quantitative estimate of drug-likeness (QED) is 0.821. The molecular formula is C11H17N3O. The minimum atomic E-state index is -0.473. The molecule has 0 radical (unpaired) electrons. The summed E-state index contributed by atoms with van der Waals surface area (Å²) in [6.07, 6.45) is 2.42. The van der Waals surface area contributed by atoms with Gasteiger partial charge in [0.05, 0.1) is 0 Å². The van der Waals surface area contributed by atoms with Crippen molar-refractivity contribution >= 4 is 5.82 Å². The average molecular weight is 207 g/mol. The van der Waals surface area contributed by atoms with Crippen molar-refractivity contribution in [3.63, 3.8) is 0 Å². The predicted octanol–water partition coefficient (Wildman–Crippen LogP) is 1.82. The molecule has 0 bridgehead atoms. The SMILES string of the molecule is COC(C)(C)c1nc(N)cc(C2CC2)n1. The van der Waals surface area contributed by atoms with Crippen LogP contribution in [-0.2, 0) is 10.3 Å². The predicted molar refractivity (Wildman–Crippen MR) is 58.5 cm³/mol. The Morgan fingerprint density at radius 1 is 1.40 bits per heavy atom. The topological polar surface area (TPSA) is 61.0 Å². The Morgan fingerprint density at radius 2 is 2.07 bits per heavy atom. The highest BCUT2D eigenvalue weighted by Crippen LogP contribution is 2.39. The minimum Gasteiger partial charge on any atom is -0.384 e. The van der Waals surface area contributed by atoms with Gasteiger partial charge in [0.1, 0.15) is 11.4 Å². The van der Waals surface area contributed by atoms with E-state index in [0.717, 1.165) is 5.69 Å². The molecule has 2 rings (SSSR count). The van der Waals surface area contributed by atoms with E-state index in [1.54, 1.807) is 7.11 Å². The summed E-state index contributed by atoms with van der Waals surface area (Å²) in [4.78, 5) is 8.75. The highest BCUT2D eigenvalue weighted by atomic mass is 16.5. The molecule has 1 aromatic rings. The first-order valence-electron chi connectivity index (χ1n) is 5.23. The first-order valence-corrected chi connectivity index (χ1v) is 5.23. The van der Waals surface area contributed by atoms with Gasteiger partial charge in [-0.3, -0.25) is 0 Å². The van der Waals surface area contributed by atoms with Crippen molar-refractivity contribution in [2.75, 3.05) is 12.8 Å². The smallest absolute Gasteiger partial charge is 0.162 e. The fraction of sp³-hybridized carbons (Fsp3) is 0.636. The Kier molecular flexibility index (Phi) is 2.38. The lowest BCUT2D eigenvalue weighted by Gasteiger charge is -2.21. The van der Waals surface area contributed by atoms with Crippen LogP contribution in [0.5, 0.6) is 0 Å². The number of nitrogen functional groups attached to an aromatic ring is 1. The van der Waals surface area contributed by atoms with Gasteiger partial charge in [0, 0.05) is 24.8 Å². The van der Waals surface area contributed by atoms with Gasteiger partial charge < -0.3 is 10.5 Å². The van der Waals surface area contributed by atoms with Gasteiger partial charge in [-0.15, -0.1) is 0 Å². The number of ether oxygens (including phenoxy) is 1. The molecule has 15 heavy (non-hydrogen) atoms. The molecule has 82 valence electrons. The van der Waals surface area contributed by atoms with Crippen LogP contribution in [0.2, 0.25) is 0 Å². The van der Waals surface area contributed by atoms with E-state index in [4.69, 9.17) is 10.5 Å². The number of hydrogen-bond acceptors (Lipinski definition) is 4. The molecule has 0 amide bonds. The molecule has 4 heteroatoms. The number of hydrogen-bond donors (Lipinski definition) is 1. The second-order valence-corrected chi connectivity index (χ2v) is 4.53. The normalized spacial score (nSPS) is 16.7. The van der Waals surface area contributed by atoms with Crippen molar-refractivity contribution in [2.45, 2.75) is 38.2 Å². The average Bonchev–Trinajstić information content (AvgIpc) is 3.00. The number of anilines is 1. The highest BCUT2D eigenvalue weighted by Gasteiger charge is 2.29. The Bertz CT molecular complexity index is 372. The summed E-state index contributed by atoms with van der Waals surface area (Å²) < 4.78 is 5.35. The van der Waals surface area contributed by atoms with Crippen LogP contribution in [0, 0.1) is 0 Å². The lowest BCUT2D eigenvalue weighted by Crippen LogP contribution is -2.24. The van der Waals surface area contributed by atoms with Gasteiger partial charge in [0.25, 0.3) is 0 Å². The fourth-order valence-electron chi connectivity index (χ4n) is 1.43. The van der Waals surface area contributed by atoms with Crippen molar-refractivity contribution in [1.29, 1.82) is 0 Å². The van der Waals surface area contributed by atoms with Crippen LogP contribution in [0.3, 0.4) is 0 Å². The van der Waals surface area contributed by atoms with Crippen LogP contribution in [0.4, 0.5) is 5.82 Å². The zero-order chi connectivity index (χ0) is 11.1. The standard InChI is InChI=1S/C11H17N3O/c1-11(2,15-3)10-13-8(7-4-5-7)6-9(12)14-10/h6-7H,4-5H2,1-3H3,(H2,12,13,14). The molecule has 0 aliphatic heterocycles. The maximum Gasteiger partial charge on any atom is 0.162 e. The van der Waals surface area contributed by atoms with Crippen molar-refractivity contribution in [3.8, 4) is 0 Å². The lowest BCUT2D eigenvalue weighted by atomic mass is 10.1. The third-order valence-corrected chi connectivity index (χ3v) is 2.81. The summed E-state index contributed by atoms with van der Waals surface area (Å²) in [6, 6.07) is 1.87. The fourth-order valence-corrected chi connectivity index (χ4v) is 1.43. The molecule has 0 unspecified atom stereocenters. The van der Waals surface area contributed by atoms with E-state index in [9.17, 15) is 0 Å². The Morgan fingerprint density at radius 3 is 2.60 bits per heavy atom. The van der Waals surface area contributed by atoms with Gasteiger partial charge in [-0.1, -0.05) is 0 Å². The molecule has 0 atom stereocenters. The first kappa shape index (κ1) is 10.4. The number of aromatic nitrogens is 2. The minimum absolute atomic E-state index is 0.473. The number of methoxy groups -OCH3 is 1. The number of nitrogens with two attached hydrogens (primary N) is 1. The maximum absolute atomic E-state index is 5.77. The molecule has 1 saturated carbocycles. The van der Waals surface area contributed by atoms with Gasteiger partial charge in [0.15, 0.2) is 5.82 Å². The summed E-state index contributed by atoms with van der Waals surface area (Å²) in [5.41, 5.74) is 6.35. The van der Waals surface area contributed by atoms with E-state index in [-0.39, 0.29) is 0 Å². The van der Waals surface area contributed by atoms with Gasteiger partial charge in [-0.2, -0.15) is 0 Å². The van der Waals surface area contributed by atoms with Gasteiger partial charge in [-0.25, -0.2) is 9.97 Å². The first-order chi connectivity index (χ1) is 7.03. The summed E-state index contributed by atoms with van der Waals surface area (Å²) in [5, 5.41) is 0. The van der Waals surface area contributed by atoms with E-state index >= 15 is 0 Å². The maximum atomic E-state index is 5.77. The van der Waals surface area contributed by atoms with Crippen molar-refractivity contribution in [3.05, 3.63) is 17.6 Å². The molecule has 1 aromatic heterocycles. The van der Waals surface area contributed by atoms with Crippen molar-refractivity contribution in [1.82, 2.24) is 9.97 Å². The summed E-state index contributed by atoms with van der Waals surface area (Å²) in [6.45, 7) is 3.89. The lowest BCUT2D eigenvalue weighted by molar-refractivity contribution is 0.0114. The van der Waals surface area contributed by atoms with E-state index in [0.29, 0.717) is 17.6 Å². The van der Waals surface area contributed by atoms with Crippen LogP contribution >= 0.6 is 0 Å². The molecule has 1 aliphatic carbocycles. The zero-order valence-electron chi connectivity index (χ0n) is 9.45. The molecule has 2 N–H and O–H groups in total. The van der Waals surface area contributed by atoms with Crippen LogP contribution in [-0.4, -0.2) is 17.1 Å². The zero-order valence-corrected chi connectivity index (χ0v) is 9.45. The highest BCUT2D eigenvalue weighted by molar-refractivity contribution is 5.33. The second-order valence-electron chi connectivity index (χ2n) is 4.53. The van der Waals surface area contributed by atoms with Crippen LogP contribution in [0.25, 0.3) is 0 Å². The summed E-state index contributed by atoms with van der Waals surface area (Å²) in [5.74, 6) is 1.79. The van der Waals surface area contributed by atoms with Gasteiger partial charge in [-0.05, 0) is 26.7 Å². The number of rotatable bonds is 3.